The van der Waals surface area contributed by atoms with Gasteiger partial charge in [0.2, 0.25) is 0 Å². The molecule has 1 aromatic carbocycles. The number of rotatable bonds is 5. The molecule has 0 fully saturated rings. The van der Waals surface area contributed by atoms with Gasteiger partial charge in [-0.2, -0.15) is 0 Å². The second-order valence-corrected chi connectivity index (χ2v) is 4.41. The summed E-state index contributed by atoms with van der Waals surface area (Å²) >= 11 is 0. The Morgan fingerprint density at radius 3 is 2.84 bits per heavy atom. The van der Waals surface area contributed by atoms with E-state index in [9.17, 15) is 9.59 Å². The first-order valence-electron chi connectivity index (χ1n) is 6.03. The number of amides is 1. The van der Waals surface area contributed by atoms with Gasteiger partial charge in [-0.15, -0.1) is 0 Å². The molecule has 0 spiro atoms. The lowest BCUT2D eigenvalue weighted by Gasteiger charge is -2.11. The Bertz CT molecular complexity index is 604. The number of Topliss-reactive ketones (excluding diaryl/α,β-unsaturated/α-hetero) is 1. The van der Waals surface area contributed by atoms with Gasteiger partial charge >= 0.3 is 0 Å². The van der Waals surface area contributed by atoms with Gasteiger partial charge in [0.25, 0.3) is 11.7 Å². The van der Waals surface area contributed by atoms with Crippen molar-refractivity contribution in [3.8, 4) is 0 Å². The van der Waals surface area contributed by atoms with Crippen molar-refractivity contribution in [1.29, 1.82) is 0 Å². The van der Waals surface area contributed by atoms with Crippen LogP contribution in [-0.2, 0) is 9.53 Å². The second kappa shape index (κ2) is 5.67. The summed E-state index contributed by atoms with van der Waals surface area (Å²) in [5.41, 5.74) is 1.22. The van der Waals surface area contributed by atoms with E-state index < -0.39 is 11.7 Å². The van der Waals surface area contributed by atoms with Gasteiger partial charge in [0, 0.05) is 30.3 Å². The highest BCUT2D eigenvalue weighted by molar-refractivity contribution is 6.45. The molecule has 0 saturated heterocycles. The van der Waals surface area contributed by atoms with Crippen LogP contribution in [0.4, 0.5) is 0 Å². The van der Waals surface area contributed by atoms with E-state index >= 15 is 0 Å². The van der Waals surface area contributed by atoms with Gasteiger partial charge < -0.3 is 15.0 Å². The number of nitrogens with one attached hydrogen (secondary N) is 2. The molecule has 5 heteroatoms. The zero-order valence-corrected chi connectivity index (χ0v) is 10.9. The molecule has 2 aromatic rings. The van der Waals surface area contributed by atoms with Crippen LogP contribution < -0.4 is 5.32 Å². The maximum atomic E-state index is 12.1. The number of methoxy groups -OCH3 is 1. The van der Waals surface area contributed by atoms with Crippen LogP contribution in [0.25, 0.3) is 10.9 Å². The molecule has 1 heterocycles. The molecule has 0 bridgehead atoms. The summed E-state index contributed by atoms with van der Waals surface area (Å²) in [6.07, 6.45) is 1.56. The Hall–Kier alpha value is -2.14. The molecular weight excluding hydrogens is 244 g/mol. The number of benzene rings is 1. The maximum Gasteiger partial charge on any atom is 0.292 e. The van der Waals surface area contributed by atoms with E-state index in [0.29, 0.717) is 12.2 Å². The number of aromatic nitrogens is 1. The Morgan fingerprint density at radius 1 is 1.37 bits per heavy atom. The third kappa shape index (κ3) is 2.82. The molecule has 2 N–H and O–H groups in total. The second-order valence-electron chi connectivity index (χ2n) is 4.41. The molecular formula is C14H16N2O3. The molecule has 0 unspecified atom stereocenters. The number of carbonyl (C=O) groups is 2. The van der Waals surface area contributed by atoms with Crippen molar-refractivity contribution in [3.63, 3.8) is 0 Å². The number of hydrogen-bond donors (Lipinski definition) is 2. The lowest BCUT2D eigenvalue weighted by molar-refractivity contribution is -0.117. The first-order chi connectivity index (χ1) is 9.13. The molecule has 2 rings (SSSR count). The average Bonchev–Trinajstić information content (AvgIpc) is 2.81. The van der Waals surface area contributed by atoms with Gasteiger partial charge in [0.05, 0.1) is 12.2 Å². The number of fused-ring (bicyclic) bond motifs is 1. The van der Waals surface area contributed by atoms with Crippen LogP contribution in [0.1, 0.15) is 17.3 Å². The monoisotopic (exact) mass is 260 g/mol. The van der Waals surface area contributed by atoms with Gasteiger partial charge in [0.15, 0.2) is 0 Å². The van der Waals surface area contributed by atoms with Crippen molar-refractivity contribution < 1.29 is 14.3 Å². The predicted octanol–water partition coefficient (Wildman–Crippen LogP) is 1.50. The standard InChI is InChI=1S/C14H16N2O3/c1-9(8-19-2)16-14(18)13(17)11-7-15-12-6-4-3-5-10(11)12/h3-7,9,15H,8H2,1-2H3,(H,16,18)/t9-/m1/s1. The maximum absolute atomic E-state index is 12.1. The fourth-order valence-corrected chi connectivity index (χ4v) is 1.96. The Labute approximate surface area is 110 Å². The molecule has 0 radical (unpaired) electrons. The molecule has 1 aromatic heterocycles. The first-order valence-corrected chi connectivity index (χ1v) is 6.03. The predicted molar refractivity (Wildman–Crippen MR) is 72.1 cm³/mol. The normalized spacial score (nSPS) is 12.3. The van der Waals surface area contributed by atoms with E-state index in [2.05, 4.69) is 10.3 Å². The fourth-order valence-electron chi connectivity index (χ4n) is 1.96. The summed E-state index contributed by atoms with van der Waals surface area (Å²) in [5, 5.41) is 3.36. The van der Waals surface area contributed by atoms with Gasteiger partial charge in [-0.1, -0.05) is 18.2 Å². The SMILES string of the molecule is COC[C@@H](C)NC(=O)C(=O)c1c[nH]c2ccccc12. The lowest BCUT2D eigenvalue weighted by Crippen LogP contribution is -2.39. The van der Waals surface area contributed by atoms with Crippen LogP contribution in [0.3, 0.4) is 0 Å². The average molecular weight is 260 g/mol. The van der Waals surface area contributed by atoms with E-state index in [1.54, 1.807) is 20.2 Å². The van der Waals surface area contributed by atoms with Gasteiger partial charge in [-0.05, 0) is 13.0 Å². The smallest absolute Gasteiger partial charge is 0.292 e. The number of H-pyrrole nitrogens is 1. The summed E-state index contributed by atoms with van der Waals surface area (Å²) in [5.74, 6) is -1.16. The highest BCUT2D eigenvalue weighted by Gasteiger charge is 2.20. The van der Waals surface area contributed by atoms with Crippen molar-refractivity contribution in [2.45, 2.75) is 13.0 Å². The minimum Gasteiger partial charge on any atom is -0.383 e. The molecule has 19 heavy (non-hydrogen) atoms. The minimum absolute atomic E-state index is 0.202. The van der Waals surface area contributed by atoms with E-state index in [4.69, 9.17) is 4.74 Å². The van der Waals surface area contributed by atoms with E-state index in [-0.39, 0.29) is 6.04 Å². The Balaban J connectivity index is 2.17. The van der Waals surface area contributed by atoms with Crippen LogP contribution in [0.5, 0.6) is 0 Å². The van der Waals surface area contributed by atoms with Gasteiger partial charge in [0.1, 0.15) is 0 Å². The van der Waals surface area contributed by atoms with Crippen LogP contribution in [0.2, 0.25) is 0 Å². The molecule has 1 amide bonds. The highest BCUT2D eigenvalue weighted by atomic mass is 16.5. The van der Waals surface area contributed by atoms with Crippen molar-refractivity contribution in [2.24, 2.45) is 0 Å². The molecule has 5 nitrogen and oxygen atoms in total. The number of aromatic amines is 1. The highest BCUT2D eigenvalue weighted by Crippen LogP contribution is 2.18. The number of ether oxygens (including phenoxy) is 1. The van der Waals surface area contributed by atoms with E-state index in [0.717, 1.165) is 10.9 Å². The summed E-state index contributed by atoms with van der Waals surface area (Å²) in [6, 6.07) is 7.17. The van der Waals surface area contributed by atoms with Crippen LogP contribution in [-0.4, -0.2) is 36.4 Å². The van der Waals surface area contributed by atoms with Gasteiger partial charge in [-0.25, -0.2) is 0 Å². The van der Waals surface area contributed by atoms with Crippen LogP contribution in [0.15, 0.2) is 30.5 Å². The largest absolute Gasteiger partial charge is 0.383 e. The van der Waals surface area contributed by atoms with Crippen molar-refractivity contribution in [2.75, 3.05) is 13.7 Å². The summed E-state index contributed by atoms with van der Waals surface area (Å²) in [6.45, 7) is 2.15. The van der Waals surface area contributed by atoms with Crippen LogP contribution >= 0.6 is 0 Å². The number of carbonyl (C=O) groups excluding carboxylic acids is 2. The molecule has 0 saturated carbocycles. The number of hydrogen-bond acceptors (Lipinski definition) is 3. The molecule has 0 aliphatic heterocycles. The molecule has 0 aliphatic carbocycles. The topological polar surface area (TPSA) is 71.2 Å². The minimum atomic E-state index is -0.616. The Morgan fingerprint density at radius 2 is 2.11 bits per heavy atom. The quantitative estimate of drug-likeness (QED) is 0.632. The summed E-state index contributed by atoms with van der Waals surface area (Å²) < 4.78 is 4.91. The number of ketones is 1. The third-order valence-electron chi connectivity index (χ3n) is 2.83. The first kappa shape index (κ1) is 13.3. The van der Waals surface area contributed by atoms with Crippen molar-refractivity contribution in [1.82, 2.24) is 10.3 Å². The van der Waals surface area contributed by atoms with Crippen molar-refractivity contribution >= 4 is 22.6 Å². The van der Waals surface area contributed by atoms with Crippen molar-refractivity contribution in [3.05, 3.63) is 36.0 Å². The Kier molecular flexibility index (Phi) is 3.97. The summed E-state index contributed by atoms with van der Waals surface area (Å²) in [4.78, 5) is 26.9. The zero-order valence-electron chi connectivity index (χ0n) is 10.9. The lowest BCUT2D eigenvalue weighted by atomic mass is 10.1. The van der Waals surface area contributed by atoms with E-state index in [1.165, 1.54) is 0 Å². The molecule has 1 atom stereocenters. The number of para-hydroxylation sites is 1. The van der Waals surface area contributed by atoms with Crippen LogP contribution in [0, 0.1) is 0 Å². The van der Waals surface area contributed by atoms with E-state index in [1.807, 2.05) is 24.3 Å². The fraction of sp³-hybridized carbons (Fsp3) is 0.286. The third-order valence-corrected chi connectivity index (χ3v) is 2.83. The zero-order chi connectivity index (χ0) is 13.8. The summed E-state index contributed by atoms with van der Waals surface area (Å²) in [7, 11) is 1.55. The molecule has 100 valence electrons. The molecule has 0 aliphatic rings. The van der Waals surface area contributed by atoms with Gasteiger partial charge in [-0.3, -0.25) is 9.59 Å².